The molecule has 1 aromatic rings. The maximum absolute atomic E-state index is 12.0. The van der Waals surface area contributed by atoms with Gasteiger partial charge in [0.2, 0.25) is 15.9 Å². The number of halogens is 1. The minimum absolute atomic E-state index is 0. The molecule has 6 nitrogen and oxygen atoms in total. The van der Waals surface area contributed by atoms with Crippen molar-refractivity contribution in [1.82, 2.24) is 9.62 Å². The summed E-state index contributed by atoms with van der Waals surface area (Å²) in [6.07, 6.45) is 1.43. The van der Waals surface area contributed by atoms with Gasteiger partial charge in [0.25, 0.3) is 0 Å². The van der Waals surface area contributed by atoms with Gasteiger partial charge in [-0.1, -0.05) is 12.1 Å². The zero-order valence-electron chi connectivity index (χ0n) is 12.9. The number of hydrogen-bond acceptors (Lipinski definition) is 4. The fraction of sp³-hybridized carbons (Fsp3) is 0.500. The Bertz CT molecular complexity index is 640. The molecule has 0 radical (unpaired) electrons. The fourth-order valence-corrected chi connectivity index (χ4v) is 2.83. The summed E-state index contributed by atoms with van der Waals surface area (Å²) in [5.74, 6) is -0.153. The molecule has 3 N–H and O–H groups in total. The van der Waals surface area contributed by atoms with Crippen LogP contribution in [0.1, 0.15) is 31.4 Å². The Kier molecular flexibility index (Phi) is 5.61. The number of amides is 1. The first-order valence-corrected chi connectivity index (χ1v) is 8.23. The quantitative estimate of drug-likeness (QED) is 0.832. The summed E-state index contributed by atoms with van der Waals surface area (Å²) in [5, 5.41) is 2.86. The first kappa shape index (κ1) is 18.9. The maximum Gasteiger partial charge on any atom is 0.242 e. The van der Waals surface area contributed by atoms with E-state index in [1.807, 2.05) is 6.92 Å². The minimum Gasteiger partial charge on any atom is -0.348 e. The molecule has 8 heteroatoms. The lowest BCUT2D eigenvalue weighted by atomic mass is 10.1. The second-order valence-corrected chi connectivity index (χ2v) is 7.86. The number of sulfonamides is 1. The summed E-state index contributed by atoms with van der Waals surface area (Å²) in [5.41, 5.74) is 5.97. The lowest BCUT2D eigenvalue weighted by molar-refractivity contribution is -0.123. The number of nitrogens with zero attached hydrogens (tertiary/aromatic N) is 1. The second kappa shape index (κ2) is 6.54. The van der Waals surface area contributed by atoms with Crippen molar-refractivity contribution in [2.75, 3.05) is 14.1 Å². The smallest absolute Gasteiger partial charge is 0.242 e. The molecule has 1 aliphatic rings. The van der Waals surface area contributed by atoms with Gasteiger partial charge in [-0.15, -0.1) is 12.4 Å². The Labute approximate surface area is 137 Å². The Morgan fingerprint density at radius 2 is 1.77 bits per heavy atom. The Hall–Kier alpha value is -1.15. The van der Waals surface area contributed by atoms with Gasteiger partial charge in [-0.3, -0.25) is 4.79 Å². The third-order valence-corrected chi connectivity index (χ3v) is 5.58. The molecule has 2 rings (SSSR count). The van der Waals surface area contributed by atoms with E-state index in [4.69, 9.17) is 5.73 Å². The highest BCUT2D eigenvalue weighted by Crippen LogP contribution is 2.33. The predicted octanol–water partition coefficient (Wildman–Crippen LogP) is 1.03. The zero-order chi connectivity index (χ0) is 15.8. The Morgan fingerprint density at radius 1 is 1.27 bits per heavy atom. The maximum atomic E-state index is 12.0. The molecule has 0 saturated heterocycles. The van der Waals surface area contributed by atoms with Crippen LogP contribution in [0.3, 0.4) is 0 Å². The van der Waals surface area contributed by atoms with E-state index in [1.54, 1.807) is 24.3 Å². The van der Waals surface area contributed by atoms with Crippen LogP contribution in [0.15, 0.2) is 29.2 Å². The van der Waals surface area contributed by atoms with E-state index in [1.165, 1.54) is 18.4 Å². The van der Waals surface area contributed by atoms with Crippen molar-refractivity contribution in [3.05, 3.63) is 29.8 Å². The van der Waals surface area contributed by atoms with Gasteiger partial charge in [-0.2, -0.15) is 0 Å². The molecule has 0 heterocycles. The fourth-order valence-electron chi connectivity index (χ4n) is 1.92. The molecule has 22 heavy (non-hydrogen) atoms. The van der Waals surface area contributed by atoms with E-state index in [-0.39, 0.29) is 29.3 Å². The van der Waals surface area contributed by atoms with E-state index >= 15 is 0 Å². The third kappa shape index (κ3) is 3.78. The van der Waals surface area contributed by atoms with Crippen LogP contribution in [0.4, 0.5) is 0 Å². The predicted molar refractivity (Wildman–Crippen MR) is 87.3 cm³/mol. The van der Waals surface area contributed by atoms with E-state index in [0.29, 0.717) is 12.8 Å². The van der Waals surface area contributed by atoms with Crippen molar-refractivity contribution in [3.8, 4) is 0 Å². The average molecular weight is 348 g/mol. The summed E-state index contributed by atoms with van der Waals surface area (Å²) >= 11 is 0. The van der Waals surface area contributed by atoms with Crippen LogP contribution in [0.5, 0.6) is 0 Å². The van der Waals surface area contributed by atoms with Gasteiger partial charge in [0.15, 0.2) is 0 Å². The van der Waals surface area contributed by atoms with Crippen LogP contribution in [0, 0.1) is 0 Å². The lowest BCUT2D eigenvalue weighted by Gasteiger charge is -2.18. The molecule has 0 spiro atoms. The first-order chi connectivity index (χ1) is 9.67. The van der Waals surface area contributed by atoms with Crippen LogP contribution in [0.25, 0.3) is 0 Å². The van der Waals surface area contributed by atoms with Crippen molar-refractivity contribution in [1.29, 1.82) is 0 Å². The van der Waals surface area contributed by atoms with Gasteiger partial charge < -0.3 is 11.1 Å². The number of hydrogen-bond donors (Lipinski definition) is 2. The van der Waals surface area contributed by atoms with Crippen LogP contribution in [0.2, 0.25) is 0 Å². The number of benzene rings is 1. The van der Waals surface area contributed by atoms with Gasteiger partial charge in [0.1, 0.15) is 0 Å². The largest absolute Gasteiger partial charge is 0.348 e. The molecule has 1 aliphatic carbocycles. The topological polar surface area (TPSA) is 92.5 Å². The molecule has 1 unspecified atom stereocenters. The van der Waals surface area contributed by atoms with Crippen LogP contribution < -0.4 is 11.1 Å². The summed E-state index contributed by atoms with van der Waals surface area (Å²) in [7, 11) is -0.453. The number of nitrogens with one attached hydrogen (secondary N) is 1. The second-order valence-electron chi connectivity index (χ2n) is 5.71. The van der Waals surface area contributed by atoms with Crippen LogP contribution in [-0.4, -0.2) is 38.3 Å². The summed E-state index contributed by atoms with van der Waals surface area (Å²) < 4.78 is 25.1. The summed E-state index contributed by atoms with van der Waals surface area (Å²) in [6.45, 7) is 1.85. The summed E-state index contributed by atoms with van der Waals surface area (Å²) in [6, 6.07) is 6.29. The number of carbonyl (C=O) groups excluding carboxylic acids is 1. The molecule has 1 fully saturated rings. The Morgan fingerprint density at radius 3 is 2.18 bits per heavy atom. The van der Waals surface area contributed by atoms with Crippen molar-refractivity contribution in [2.45, 2.75) is 36.2 Å². The van der Waals surface area contributed by atoms with Gasteiger partial charge >= 0.3 is 0 Å². The lowest BCUT2D eigenvalue weighted by Crippen LogP contribution is -2.43. The van der Waals surface area contributed by atoms with Crippen LogP contribution in [-0.2, 0) is 14.8 Å². The van der Waals surface area contributed by atoms with E-state index in [9.17, 15) is 13.2 Å². The third-order valence-electron chi connectivity index (χ3n) is 3.75. The highest BCUT2D eigenvalue weighted by molar-refractivity contribution is 7.89. The number of rotatable bonds is 5. The van der Waals surface area contributed by atoms with Gasteiger partial charge in [-0.25, -0.2) is 12.7 Å². The molecule has 1 atom stereocenters. The SMILES string of the molecule is CC(NC(=O)C1(N)CC1)c1ccc(S(=O)(=O)N(C)C)cc1.Cl. The molecule has 124 valence electrons. The summed E-state index contributed by atoms with van der Waals surface area (Å²) in [4.78, 5) is 12.1. The highest BCUT2D eigenvalue weighted by atomic mass is 35.5. The molecular formula is C14H22ClN3O3S. The zero-order valence-corrected chi connectivity index (χ0v) is 14.5. The van der Waals surface area contributed by atoms with Gasteiger partial charge in [0, 0.05) is 14.1 Å². The molecule has 0 bridgehead atoms. The normalized spacial score (nSPS) is 17.5. The molecule has 1 aromatic carbocycles. The van der Waals surface area contributed by atoms with Gasteiger partial charge in [-0.05, 0) is 37.5 Å². The van der Waals surface area contributed by atoms with E-state index in [2.05, 4.69) is 5.32 Å². The molecule has 1 amide bonds. The van der Waals surface area contributed by atoms with Crippen molar-refractivity contribution in [3.63, 3.8) is 0 Å². The van der Waals surface area contributed by atoms with Crippen LogP contribution >= 0.6 is 12.4 Å². The van der Waals surface area contributed by atoms with Crippen molar-refractivity contribution in [2.24, 2.45) is 5.73 Å². The number of carbonyl (C=O) groups is 1. The molecule has 0 aliphatic heterocycles. The number of nitrogens with two attached hydrogens (primary N) is 1. The minimum atomic E-state index is -3.43. The Balaban J connectivity index is 0.00000242. The van der Waals surface area contributed by atoms with Crippen molar-refractivity contribution >= 4 is 28.3 Å². The monoisotopic (exact) mass is 347 g/mol. The molecule has 0 aromatic heterocycles. The van der Waals surface area contributed by atoms with Crippen molar-refractivity contribution < 1.29 is 13.2 Å². The molecular weight excluding hydrogens is 326 g/mol. The van der Waals surface area contributed by atoms with E-state index in [0.717, 1.165) is 5.56 Å². The first-order valence-electron chi connectivity index (χ1n) is 6.79. The highest BCUT2D eigenvalue weighted by Gasteiger charge is 2.46. The average Bonchev–Trinajstić information content (AvgIpc) is 3.18. The standard InChI is InChI=1S/C14H21N3O3S.ClH/c1-10(16-13(18)14(15)8-9-14)11-4-6-12(7-5-11)21(19,20)17(2)3;/h4-7,10H,8-9,15H2,1-3H3,(H,16,18);1H. The van der Waals surface area contributed by atoms with E-state index < -0.39 is 15.6 Å². The molecule has 1 saturated carbocycles. The van der Waals surface area contributed by atoms with Gasteiger partial charge in [0.05, 0.1) is 16.5 Å².